The van der Waals surface area contributed by atoms with E-state index in [-0.39, 0.29) is 0 Å². The van der Waals surface area contributed by atoms with Crippen LogP contribution >= 0.6 is 0 Å². The van der Waals surface area contributed by atoms with Gasteiger partial charge in [-0.2, -0.15) is 0 Å². The number of aromatic nitrogens is 3. The molecule has 0 spiro atoms. The van der Waals surface area contributed by atoms with Crippen molar-refractivity contribution in [3.05, 3.63) is 30.5 Å². The molecule has 1 aliphatic heterocycles. The summed E-state index contributed by atoms with van der Waals surface area (Å²) in [5.41, 5.74) is 0.909. The number of hydrogen-bond donors (Lipinski definition) is 1. The average Bonchev–Trinajstić information content (AvgIpc) is 2.97. The Hall–Kier alpha value is -1.92. The lowest BCUT2D eigenvalue weighted by Gasteiger charge is -2.31. The third kappa shape index (κ3) is 3.45. The quantitative estimate of drug-likeness (QED) is 0.913. The predicted octanol–water partition coefficient (Wildman–Crippen LogP) is 1.89. The molecule has 1 saturated heterocycles. The third-order valence-corrected chi connectivity index (χ3v) is 3.76. The summed E-state index contributed by atoms with van der Waals surface area (Å²) in [7, 11) is 0. The first kappa shape index (κ1) is 15.0. The van der Waals surface area contributed by atoms with Gasteiger partial charge in [0, 0.05) is 12.2 Å². The maximum atomic E-state index is 10.5. The molecule has 1 unspecified atom stereocenters. The van der Waals surface area contributed by atoms with E-state index in [0.717, 1.165) is 36.5 Å². The fraction of sp³-hybridized carbons (Fsp3) is 0.500. The molecule has 2 heterocycles. The zero-order valence-electron chi connectivity index (χ0n) is 12.7. The van der Waals surface area contributed by atoms with Crippen molar-refractivity contribution in [2.24, 2.45) is 0 Å². The molecule has 2 aromatic rings. The van der Waals surface area contributed by atoms with Crippen LogP contribution in [0.15, 0.2) is 30.5 Å². The van der Waals surface area contributed by atoms with Gasteiger partial charge in [-0.3, -0.25) is 0 Å². The lowest BCUT2D eigenvalue weighted by Crippen LogP contribution is -2.42. The van der Waals surface area contributed by atoms with Crippen LogP contribution in [-0.2, 0) is 11.3 Å². The topological polar surface area (TPSA) is 69.4 Å². The summed E-state index contributed by atoms with van der Waals surface area (Å²) in [4.78, 5) is 0. The van der Waals surface area contributed by atoms with Gasteiger partial charge in [0.1, 0.15) is 17.0 Å². The zero-order valence-corrected chi connectivity index (χ0v) is 12.7. The Bertz CT molecular complexity index is 603. The predicted molar refractivity (Wildman–Crippen MR) is 81.6 cm³/mol. The number of hydrogen-bond acceptors (Lipinski definition) is 5. The van der Waals surface area contributed by atoms with Crippen molar-refractivity contribution in [1.82, 2.24) is 15.0 Å². The molecule has 3 rings (SSSR count). The van der Waals surface area contributed by atoms with Crippen LogP contribution in [0.3, 0.4) is 0 Å². The largest absolute Gasteiger partial charge is 0.494 e. The Kier molecular flexibility index (Phi) is 4.40. The summed E-state index contributed by atoms with van der Waals surface area (Å²) in [5.74, 6) is 0.840. The third-order valence-electron chi connectivity index (χ3n) is 3.76. The highest BCUT2D eigenvalue weighted by Gasteiger charge is 2.31. The highest BCUT2D eigenvalue weighted by Crippen LogP contribution is 2.23. The summed E-state index contributed by atoms with van der Waals surface area (Å²) in [6.07, 6.45) is 3.45. The first-order valence-corrected chi connectivity index (χ1v) is 7.62. The molecule has 0 amide bonds. The Morgan fingerprint density at radius 3 is 2.86 bits per heavy atom. The molecule has 1 aromatic carbocycles. The highest BCUT2D eigenvalue weighted by molar-refractivity contribution is 5.58. The van der Waals surface area contributed by atoms with E-state index in [2.05, 4.69) is 10.3 Å². The first-order valence-electron chi connectivity index (χ1n) is 7.62. The van der Waals surface area contributed by atoms with Crippen LogP contribution in [-0.4, -0.2) is 45.5 Å². The van der Waals surface area contributed by atoms with Gasteiger partial charge in [0.05, 0.1) is 26.0 Å². The van der Waals surface area contributed by atoms with Gasteiger partial charge in [-0.25, -0.2) is 4.68 Å². The van der Waals surface area contributed by atoms with E-state index in [9.17, 15) is 5.11 Å². The Balaban J connectivity index is 1.70. The second-order valence-electron chi connectivity index (χ2n) is 5.64. The molecule has 1 aromatic heterocycles. The molecule has 6 nitrogen and oxygen atoms in total. The molecule has 0 saturated carbocycles. The molecule has 1 atom stereocenters. The summed E-state index contributed by atoms with van der Waals surface area (Å²) in [5, 5.41) is 18.8. The van der Waals surface area contributed by atoms with Crippen LogP contribution in [0.2, 0.25) is 0 Å². The second-order valence-corrected chi connectivity index (χ2v) is 5.64. The van der Waals surface area contributed by atoms with Crippen LogP contribution < -0.4 is 4.74 Å². The van der Waals surface area contributed by atoms with Crippen molar-refractivity contribution in [3.63, 3.8) is 0 Å². The summed E-state index contributed by atoms with van der Waals surface area (Å²) >= 11 is 0. The van der Waals surface area contributed by atoms with Gasteiger partial charge < -0.3 is 14.6 Å². The highest BCUT2D eigenvalue weighted by atomic mass is 16.5. The van der Waals surface area contributed by atoms with Crippen molar-refractivity contribution in [2.75, 3.05) is 19.8 Å². The van der Waals surface area contributed by atoms with Crippen LogP contribution in [0, 0.1) is 0 Å². The van der Waals surface area contributed by atoms with Gasteiger partial charge in [0.15, 0.2) is 0 Å². The number of nitrogens with zero attached hydrogens (tertiary/aromatic N) is 3. The second kappa shape index (κ2) is 6.46. The van der Waals surface area contributed by atoms with Crippen molar-refractivity contribution < 1.29 is 14.6 Å². The van der Waals surface area contributed by atoms with Crippen LogP contribution in [0.4, 0.5) is 0 Å². The standard InChI is InChI=1S/C16H21N3O3/c1-2-22-14-6-4-13(5-7-14)15-10-19(18-17-15)11-16(20)8-3-9-21-12-16/h4-7,10,20H,2-3,8-9,11-12H2,1H3. The molecule has 0 radical (unpaired) electrons. The van der Waals surface area contributed by atoms with Gasteiger partial charge >= 0.3 is 0 Å². The molecule has 1 aliphatic rings. The molecular weight excluding hydrogens is 282 g/mol. The summed E-state index contributed by atoms with van der Waals surface area (Å²) in [6.45, 7) is 4.08. The number of aliphatic hydroxyl groups is 1. The molecule has 6 heteroatoms. The van der Waals surface area contributed by atoms with E-state index < -0.39 is 5.60 Å². The first-order chi connectivity index (χ1) is 10.7. The Labute approximate surface area is 129 Å². The van der Waals surface area contributed by atoms with Crippen molar-refractivity contribution >= 4 is 0 Å². The Morgan fingerprint density at radius 2 is 2.18 bits per heavy atom. The van der Waals surface area contributed by atoms with Gasteiger partial charge in [-0.15, -0.1) is 5.10 Å². The minimum atomic E-state index is -0.845. The zero-order chi connectivity index (χ0) is 15.4. The fourth-order valence-corrected chi connectivity index (χ4v) is 2.66. The van der Waals surface area contributed by atoms with E-state index in [4.69, 9.17) is 9.47 Å². The molecular formula is C16H21N3O3. The van der Waals surface area contributed by atoms with Crippen molar-refractivity contribution in [2.45, 2.75) is 31.9 Å². The van der Waals surface area contributed by atoms with Gasteiger partial charge in [0.2, 0.25) is 0 Å². The summed E-state index contributed by atoms with van der Waals surface area (Å²) in [6, 6.07) is 7.75. The normalized spacial score (nSPS) is 21.7. The molecule has 1 fully saturated rings. The maximum Gasteiger partial charge on any atom is 0.119 e. The molecule has 0 aliphatic carbocycles. The minimum Gasteiger partial charge on any atom is -0.494 e. The SMILES string of the molecule is CCOc1ccc(-c2cn(CC3(O)CCCOC3)nn2)cc1. The van der Waals surface area contributed by atoms with Crippen molar-refractivity contribution in [1.29, 1.82) is 0 Å². The van der Waals surface area contributed by atoms with E-state index >= 15 is 0 Å². The maximum absolute atomic E-state index is 10.5. The molecule has 0 bridgehead atoms. The van der Waals surface area contributed by atoms with Gasteiger partial charge in [-0.05, 0) is 44.0 Å². The molecule has 118 valence electrons. The minimum absolute atomic E-state index is 0.352. The van der Waals surface area contributed by atoms with E-state index in [1.807, 2.05) is 37.4 Å². The smallest absolute Gasteiger partial charge is 0.119 e. The fourth-order valence-electron chi connectivity index (χ4n) is 2.66. The van der Waals surface area contributed by atoms with Crippen LogP contribution in [0.5, 0.6) is 5.75 Å². The van der Waals surface area contributed by atoms with Crippen molar-refractivity contribution in [3.8, 4) is 17.0 Å². The average molecular weight is 303 g/mol. The number of ether oxygens (including phenoxy) is 2. The summed E-state index contributed by atoms with van der Waals surface area (Å²) < 4.78 is 12.5. The lowest BCUT2D eigenvalue weighted by atomic mass is 9.97. The van der Waals surface area contributed by atoms with E-state index in [1.54, 1.807) is 4.68 Å². The van der Waals surface area contributed by atoms with Crippen LogP contribution in [0.1, 0.15) is 19.8 Å². The van der Waals surface area contributed by atoms with Gasteiger partial charge in [-0.1, -0.05) is 5.21 Å². The van der Waals surface area contributed by atoms with Crippen LogP contribution in [0.25, 0.3) is 11.3 Å². The number of rotatable bonds is 5. The molecule has 22 heavy (non-hydrogen) atoms. The molecule has 1 N–H and O–H groups in total. The van der Waals surface area contributed by atoms with E-state index in [1.165, 1.54) is 0 Å². The number of benzene rings is 1. The van der Waals surface area contributed by atoms with E-state index in [0.29, 0.717) is 19.8 Å². The monoisotopic (exact) mass is 303 g/mol. The van der Waals surface area contributed by atoms with Gasteiger partial charge in [0.25, 0.3) is 0 Å². The Morgan fingerprint density at radius 1 is 1.36 bits per heavy atom. The lowest BCUT2D eigenvalue weighted by molar-refractivity contribution is -0.0960.